The lowest BCUT2D eigenvalue weighted by Gasteiger charge is -2.17. The van der Waals surface area contributed by atoms with E-state index in [1.165, 1.54) is 5.32 Å². The van der Waals surface area contributed by atoms with Crippen LogP contribution in [0.15, 0.2) is 16.8 Å². The first-order valence-electron chi connectivity index (χ1n) is 4.46. The normalized spacial score (nSPS) is 22.1. The van der Waals surface area contributed by atoms with Gasteiger partial charge in [0.25, 0.3) is 0 Å². The van der Waals surface area contributed by atoms with E-state index in [1.54, 1.807) is 19.9 Å². The van der Waals surface area contributed by atoms with Crippen LogP contribution in [0, 0.1) is 17.2 Å². The van der Waals surface area contributed by atoms with Gasteiger partial charge in [-0.15, -0.1) is 0 Å². The SMILES string of the molecule is CC(C)C1=NC(C(F)(F)F)=CC(C#N)[NH2+]1. The third-order valence-electron chi connectivity index (χ3n) is 1.97. The van der Waals surface area contributed by atoms with Crippen molar-refractivity contribution in [1.29, 1.82) is 5.26 Å². The molecular formula is C9H11F3N3+. The lowest BCUT2D eigenvalue weighted by Crippen LogP contribution is -2.94. The predicted octanol–water partition coefficient (Wildman–Crippen LogP) is 0.956. The molecule has 0 aliphatic carbocycles. The highest BCUT2D eigenvalue weighted by molar-refractivity contribution is 5.76. The number of nitriles is 1. The van der Waals surface area contributed by atoms with Gasteiger partial charge in [0, 0.05) is 12.0 Å². The van der Waals surface area contributed by atoms with Crippen LogP contribution >= 0.6 is 0 Å². The van der Waals surface area contributed by atoms with Crippen molar-refractivity contribution in [3.63, 3.8) is 0 Å². The first kappa shape index (κ1) is 11.7. The standard InChI is InChI=1S/C9H10F3N3/c1-5(2)8-14-6(4-13)3-7(15-8)9(10,11)12/h3,5-6H,1-2H3,(H,14,15)/p+1. The third-order valence-corrected chi connectivity index (χ3v) is 1.97. The van der Waals surface area contributed by atoms with Crippen molar-refractivity contribution in [3.05, 3.63) is 11.8 Å². The van der Waals surface area contributed by atoms with E-state index >= 15 is 0 Å². The van der Waals surface area contributed by atoms with Crippen molar-refractivity contribution in [1.82, 2.24) is 0 Å². The van der Waals surface area contributed by atoms with E-state index < -0.39 is 17.9 Å². The number of halogens is 3. The van der Waals surface area contributed by atoms with Crippen LogP contribution in [0.1, 0.15) is 13.8 Å². The second-order valence-corrected chi connectivity index (χ2v) is 3.56. The number of hydrogen-bond donors (Lipinski definition) is 1. The third kappa shape index (κ3) is 2.80. The Morgan fingerprint density at radius 3 is 2.53 bits per heavy atom. The Bertz CT molecular complexity index is 347. The number of nitrogens with zero attached hydrogens (tertiary/aromatic N) is 2. The smallest absolute Gasteiger partial charge is 0.283 e. The maximum absolute atomic E-state index is 12.4. The summed E-state index contributed by atoms with van der Waals surface area (Å²) < 4.78 is 37.2. The van der Waals surface area contributed by atoms with E-state index in [1.807, 2.05) is 0 Å². The summed E-state index contributed by atoms with van der Waals surface area (Å²) in [6, 6.07) is 0.942. The topological polar surface area (TPSA) is 52.8 Å². The highest BCUT2D eigenvalue weighted by Gasteiger charge is 2.38. The van der Waals surface area contributed by atoms with Crippen LogP contribution in [0.4, 0.5) is 13.2 Å². The monoisotopic (exact) mass is 218 g/mol. The molecule has 1 aliphatic rings. The number of quaternary nitrogens is 1. The summed E-state index contributed by atoms with van der Waals surface area (Å²) in [5.41, 5.74) is -0.972. The van der Waals surface area contributed by atoms with Crippen LogP contribution in [0.25, 0.3) is 0 Å². The number of nitrogens with two attached hydrogens (primary N) is 1. The Morgan fingerprint density at radius 2 is 2.13 bits per heavy atom. The minimum absolute atomic E-state index is 0.119. The molecule has 0 aromatic carbocycles. The zero-order valence-corrected chi connectivity index (χ0v) is 8.34. The highest BCUT2D eigenvalue weighted by Crippen LogP contribution is 2.27. The molecule has 0 bridgehead atoms. The molecular weight excluding hydrogens is 207 g/mol. The molecule has 0 aromatic rings. The van der Waals surface area contributed by atoms with Gasteiger partial charge in [0.05, 0.1) is 0 Å². The molecule has 0 fully saturated rings. The zero-order valence-electron chi connectivity index (χ0n) is 8.34. The molecule has 0 spiro atoms. The maximum atomic E-state index is 12.4. The molecule has 0 radical (unpaired) electrons. The zero-order chi connectivity index (χ0) is 11.6. The van der Waals surface area contributed by atoms with Crippen molar-refractivity contribution >= 4 is 5.84 Å². The highest BCUT2D eigenvalue weighted by atomic mass is 19.4. The number of aliphatic imine (C=N–C) groups is 1. The minimum atomic E-state index is -4.48. The summed E-state index contributed by atoms with van der Waals surface area (Å²) >= 11 is 0. The Balaban J connectivity index is 3.05. The number of alkyl halides is 3. The lowest BCUT2D eigenvalue weighted by atomic mass is 10.1. The average Bonchev–Trinajstić information content (AvgIpc) is 2.15. The van der Waals surface area contributed by atoms with E-state index in [2.05, 4.69) is 4.99 Å². The minimum Gasteiger partial charge on any atom is -0.283 e. The second kappa shape index (κ2) is 4.03. The van der Waals surface area contributed by atoms with Gasteiger partial charge in [-0.3, -0.25) is 5.32 Å². The van der Waals surface area contributed by atoms with Crippen molar-refractivity contribution in [2.75, 3.05) is 0 Å². The molecule has 0 aromatic heterocycles. The number of rotatable bonds is 1. The van der Waals surface area contributed by atoms with Gasteiger partial charge < -0.3 is 0 Å². The Kier molecular flexibility index (Phi) is 3.15. The molecule has 0 amide bonds. The Morgan fingerprint density at radius 1 is 1.53 bits per heavy atom. The Hall–Kier alpha value is -1.35. The van der Waals surface area contributed by atoms with Crippen LogP contribution in [-0.4, -0.2) is 18.1 Å². The van der Waals surface area contributed by atoms with Gasteiger partial charge >= 0.3 is 6.18 Å². The van der Waals surface area contributed by atoms with Crippen molar-refractivity contribution in [2.24, 2.45) is 10.9 Å². The molecule has 1 atom stereocenters. The fourth-order valence-corrected chi connectivity index (χ4v) is 1.17. The van der Waals surface area contributed by atoms with Gasteiger partial charge in [0.2, 0.25) is 5.84 Å². The average molecular weight is 218 g/mol. The fraction of sp³-hybridized carbons (Fsp3) is 0.556. The molecule has 0 saturated carbocycles. The molecule has 2 N–H and O–H groups in total. The summed E-state index contributed by atoms with van der Waals surface area (Å²) in [6.07, 6.45) is -3.64. The molecule has 6 heteroatoms. The maximum Gasteiger partial charge on any atom is 0.433 e. The van der Waals surface area contributed by atoms with Gasteiger partial charge in [0.15, 0.2) is 11.7 Å². The van der Waals surface area contributed by atoms with Crippen LogP contribution in [-0.2, 0) is 0 Å². The predicted molar refractivity (Wildman–Crippen MR) is 47.7 cm³/mol. The van der Waals surface area contributed by atoms with Crippen molar-refractivity contribution in [2.45, 2.75) is 26.1 Å². The number of allylic oxidation sites excluding steroid dienone is 1. The van der Waals surface area contributed by atoms with E-state index in [9.17, 15) is 13.2 Å². The fourth-order valence-electron chi connectivity index (χ4n) is 1.17. The molecule has 1 heterocycles. The summed E-state index contributed by atoms with van der Waals surface area (Å²) in [5.74, 6) is 0.197. The van der Waals surface area contributed by atoms with Gasteiger partial charge in [-0.05, 0) is 0 Å². The molecule has 0 saturated heterocycles. The molecule has 1 rings (SSSR count). The van der Waals surface area contributed by atoms with Crippen LogP contribution < -0.4 is 5.32 Å². The van der Waals surface area contributed by atoms with Crippen LogP contribution in [0.2, 0.25) is 0 Å². The first-order chi connectivity index (χ1) is 6.84. The van der Waals surface area contributed by atoms with E-state index in [4.69, 9.17) is 5.26 Å². The summed E-state index contributed by atoms with van der Waals surface area (Å²) in [4.78, 5) is 3.50. The van der Waals surface area contributed by atoms with Crippen molar-refractivity contribution < 1.29 is 18.5 Å². The molecule has 3 nitrogen and oxygen atoms in total. The molecule has 15 heavy (non-hydrogen) atoms. The molecule has 1 aliphatic heterocycles. The van der Waals surface area contributed by atoms with E-state index in [0.717, 1.165) is 6.08 Å². The van der Waals surface area contributed by atoms with Crippen LogP contribution in [0.5, 0.6) is 0 Å². The van der Waals surface area contributed by atoms with Gasteiger partial charge in [0.1, 0.15) is 6.07 Å². The largest absolute Gasteiger partial charge is 0.433 e. The van der Waals surface area contributed by atoms with Crippen LogP contribution in [0.3, 0.4) is 0 Å². The van der Waals surface area contributed by atoms with E-state index in [0.29, 0.717) is 5.84 Å². The summed E-state index contributed by atoms with van der Waals surface area (Å²) in [6.45, 7) is 3.48. The lowest BCUT2D eigenvalue weighted by molar-refractivity contribution is -0.560. The van der Waals surface area contributed by atoms with Gasteiger partial charge in [-0.2, -0.15) is 23.4 Å². The van der Waals surface area contributed by atoms with Gasteiger partial charge in [-0.25, -0.2) is 0 Å². The first-order valence-corrected chi connectivity index (χ1v) is 4.46. The summed E-state index contributed by atoms with van der Waals surface area (Å²) in [7, 11) is 0. The second-order valence-electron chi connectivity index (χ2n) is 3.56. The van der Waals surface area contributed by atoms with Gasteiger partial charge in [-0.1, -0.05) is 13.8 Å². The quantitative estimate of drug-likeness (QED) is 0.700. The van der Waals surface area contributed by atoms with E-state index in [-0.39, 0.29) is 5.92 Å². The van der Waals surface area contributed by atoms with Crippen molar-refractivity contribution in [3.8, 4) is 6.07 Å². The summed E-state index contributed by atoms with van der Waals surface area (Å²) in [5, 5.41) is 10.1. The Labute approximate surface area is 85.3 Å². The number of hydrogen-bond acceptors (Lipinski definition) is 2. The molecule has 1 unspecified atom stereocenters. The number of amidine groups is 1. The molecule has 82 valence electrons.